The van der Waals surface area contributed by atoms with Gasteiger partial charge in [-0.1, -0.05) is 18.2 Å². The lowest BCUT2D eigenvalue weighted by Crippen LogP contribution is -2.33. The fourth-order valence-electron chi connectivity index (χ4n) is 3.25. The summed E-state index contributed by atoms with van der Waals surface area (Å²) in [6.45, 7) is 4.13. The van der Waals surface area contributed by atoms with Gasteiger partial charge >= 0.3 is 0 Å². The molecule has 0 amide bonds. The van der Waals surface area contributed by atoms with Crippen molar-refractivity contribution < 1.29 is 0 Å². The van der Waals surface area contributed by atoms with Crippen LogP contribution in [-0.2, 0) is 0 Å². The molecule has 0 aliphatic carbocycles. The quantitative estimate of drug-likeness (QED) is 0.784. The Morgan fingerprint density at radius 3 is 2.59 bits per heavy atom. The van der Waals surface area contributed by atoms with Crippen LogP contribution in [0, 0.1) is 6.92 Å². The first-order valence-electron chi connectivity index (χ1n) is 7.93. The third-order valence-corrected chi connectivity index (χ3v) is 4.49. The van der Waals surface area contributed by atoms with Crippen molar-refractivity contribution >= 4 is 16.9 Å². The Labute approximate surface area is 130 Å². The summed E-state index contributed by atoms with van der Waals surface area (Å²) in [5, 5.41) is 0. The van der Waals surface area contributed by atoms with Gasteiger partial charge in [0.25, 0.3) is 0 Å². The van der Waals surface area contributed by atoms with Gasteiger partial charge in [-0.05, 0) is 44.0 Å². The summed E-state index contributed by atoms with van der Waals surface area (Å²) in [5.41, 5.74) is 3.29. The van der Waals surface area contributed by atoms with Crippen LogP contribution >= 0.6 is 0 Å². The van der Waals surface area contributed by atoms with Crippen LogP contribution in [0.4, 0.5) is 5.82 Å². The average molecular weight is 292 g/mol. The van der Waals surface area contributed by atoms with E-state index in [1.54, 1.807) is 0 Å². The van der Waals surface area contributed by atoms with Gasteiger partial charge in [-0.25, -0.2) is 9.97 Å². The molecule has 4 rings (SSSR count). The van der Waals surface area contributed by atoms with Gasteiger partial charge in [-0.3, -0.25) is 0 Å². The van der Waals surface area contributed by atoms with E-state index in [4.69, 9.17) is 4.98 Å². The van der Waals surface area contributed by atoms with Gasteiger partial charge in [0, 0.05) is 24.7 Å². The van der Waals surface area contributed by atoms with Gasteiger partial charge in [0.05, 0.1) is 11.0 Å². The average Bonchev–Trinajstić information content (AvgIpc) is 2.99. The number of imidazole rings is 1. The molecule has 1 fully saturated rings. The molecule has 1 aliphatic heterocycles. The molecule has 1 saturated heterocycles. The SMILES string of the molecule is Cc1cccc(N2CCC(c3nc4ccccc4[nH]3)CC2)n1. The maximum Gasteiger partial charge on any atom is 0.128 e. The van der Waals surface area contributed by atoms with Gasteiger partial charge in [-0.2, -0.15) is 0 Å². The van der Waals surface area contributed by atoms with Gasteiger partial charge in [0.2, 0.25) is 0 Å². The Bertz CT molecular complexity index is 751. The lowest BCUT2D eigenvalue weighted by molar-refractivity contribution is 0.487. The Hall–Kier alpha value is -2.36. The zero-order chi connectivity index (χ0) is 14.9. The first-order chi connectivity index (χ1) is 10.8. The molecule has 1 N–H and O–H groups in total. The van der Waals surface area contributed by atoms with Crippen molar-refractivity contribution in [3.05, 3.63) is 54.0 Å². The second-order valence-electron chi connectivity index (χ2n) is 6.04. The molecule has 1 aromatic carbocycles. The number of para-hydroxylation sites is 2. The van der Waals surface area contributed by atoms with Crippen molar-refractivity contribution in [2.24, 2.45) is 0 Å². The molecule has 4 nitrogen and oxygen atoms in total. The number of hydrogen-bond acceptors (Lipinski definition) is 3. The maximum atomic E-state index is 4.76. The van der Waals surface area contributed by atoms with Crippen molar-refractivity contribution in [2.75, 3.05) is 18.0 Å². The topological polar surface area (TPSA) is 44.8 Å². The molecule has 2 aromatic heterocycles. The number of nitrogens with zero attached hydrogens (tertiary/aromatic N) is 3. The van der Waals surface area contributed by atoms with Crippen LogP contribution in [0.5, 0.6) is 0 Å². The van der Waals surface area contributed by atoms with E-state index in [1.165, 1.54) is 0 Å². The van der Waals surface area contributed by atoms with E-state index in [0.717, 1.165) is 54.3 Å². The third-order valence-electron chi connectivity index (χ3n) is 4.49. The Morgan fingerprint density at radius 1 is 1.00 bits per heavy atom. The standard InChI is InChI=1S/C18H20N4/c1-13-5-4-8-17(19-13)22-11-9-14(10-12-22)18-20-15-6-2-3-7-16(15)21-18/h2-8,14H,9-12H2,1H3,(H,20,21). The van der Waals surface area contributed by atoms with Crippen LogP contribution in [0.1, 0.15) is 30.3 Å². The number of pyridine rings is 1. The smallest absolute Gasteiger partial charge is 0.128 e. The van der Waals surface area contributed by atoms with Crippen LogP contribution in [0.25, 0.3) is 11.0 Å². The highest BCUT2D eigenvalue weighted by molar-refractivity contribution is 5.74. The maximum absolute atomic E-state index is 4.76. The number of piperidine rings is 1. The Kier molecular flexibility index (Phi) is 3.29. The highest BCUT2D eigenvalue weighted by Gasteiger charge is 2.23. The van der Waals surface area contributed by atoms with Crippen molar-refractivity contribution in [1.82, 2.24) is 15.0 Å². The molecule has 0 atom stereocenters. The predicted molar refractivity (Wildman–Crippen MR) is 89.3 cm³/mol. The van der Waals surface area contributed by atoms with E-state index in [-0.39, 0.29) is 0 Å². The largest absolute Gasteiger partial charge is 0.357 e. The minimum absolute atomic E-state index is 0.522. The monoisotopic (exact) mass is 292 g/mol. The third kappa shape index (κ3) is 2.45. The molecule has 0 unspecified atom stereocenters. The number of aryl methyl sites for hydroxylation is 1. The predicted octanol–water partition coefficient (Wildman–Crippen LogP) is 3.65. The molecule has 0 spiro atoms. The van der Waals surface area contributed by atoms with E-state index >= 15 is 0 Å². The zero-order valence-corrected chi connectivity index (χ0v) is 12.8. The fraction of sp³-hybridized carbons (Fsp3) is 0.333. The molecule has 1 aliphatic rings. The normalized spacial score (nSPS) is 16.3. The fourth-order valence-corrected chi connectivity index (χ4v) is 3.25. The Balaban J connectivity index is 1.49. The minimum Gasteiger partial charge on any atom is -0.357 e. The van der Waals surface area contributed by atoms with Crippen molar-refractivity contribution in [1.29, 1.82) is 0 Å². The molecule has 0 radical (unpaired) electrons. The lowest BCUT2D eigenvalue weighted by atomic mass is 9.96. The summed E-state index contributed by atoms with van der Waals surface area (Å²) in [4.78, 5) is 15.3. The summed E-state index contributed by atoms with van der Waals surface area (Å²) in [5.74, 6) is 2.76. The van der Waals surface area contributed by atoms with Gasteiger partial charge in [0.15, 0.2) is 0 Å². The number of hydrogen-bond donors (Lipinski definition) is 1. The lowest BCUT2D eigenvalue weighted by Gasteiger charge is -2.32. The van der Waals surface area contributed by atoms with Crippen LogP contribution < -0.4 is 4.90 Å². The van der Waals surface area contributed by atoms with Crippen molar-refractivity contribution in [3.63, 3.8) is 0 Å². The summed E-state index contributed by atoms with van der Waals surface area (Å²) < 4.78 is 0. The zero-order valence-electron chi connectivity index (χ0n) is 12.8. The summed E-state index contributed by atoms with van der Waals surface area (Å²) in [6.07, 6.45) is 2.24. The number of aromatic nitrogens is 3. The van der Waals surface area contributed by atoms with Gasteiger partial charge in [0.1, 0.15) is 11.6 Å². The molecule has 3 aromatic rings. The number of anilines is 1. The van der Waals surface area contributed by atoms with Crippen LogP contribution in [0.15, 0.2) is 42.5 Å². The van der Waals surface area contributed by atoms with E-state index in [0.29, 0.717) is 5.92 Å². The van der Waals surface area contributed by atoms with Gasteiger partial charge < -0.3 is 9.88 Å². The second kappa shape index (κ2) is 5.44. The minimum atomic E-state index is 0.522. The number of fused-ring (bicyclic) bond motifs is 1. The highest BCUT2D eigenvalue weighted by atomic mass is 15.2. The number of H-pyrrole nitrogens is 1. The van der Waals surface area contributed by atoms with E-state index < -0.39 is 0 Å². The molecule has 112 valence electrons. The molecular weight excluding hydrogens is 272 g/mol. The first kappa shape index (κ1) is 13.3. The number of benzene rings is 1. The van der Waals surface area contributed by atoms with Crippen molar-refractivity contribution in [3.8, 4) is 0 Å². The first-order valence-corrected chi connectivity index (χ1v) is 7.93. The summed E-state index contributed by atoms with van der Waals surface area (Å²) in [6, 6.07) is 14.5. The van der Waals surface area contributed by atoms with Crippen molar-refractivity contribution in [2.45, 2.75) is 25.7 Å². The Morgan fingerprint density at radius 2 is 1.82 bits per heavy atom. The molecule has 3 heterocycles. The van der Waals surface area contributed by atoms with E-state index in [1.807, 2.05) is 19.1 Å². The number of nitrogens with one attached hydrogen (secondary N) is 1. The van der Waals surface area contributed by atoms with Gasteiger partial charge in [-0.15, -0.1) is 0 Å². The molecule has 0 saturated carbocycles. The summed E-state index contributed by atoms with van der Waals surface area (Å²) >= 11 is 0. The van der Waals surface area contributed by atoms with Crippen LogP contribution in [-0.4, -0.2) is 28.0 Å². The van der Waals surface area contributed by atoms with E-state index in [2.05, 4.69) is 45.2 Å². The molecule has 0 bridgehead atoms. The molecule has 4 heteroatoms. The van der Waals surface area contributed by atoms with Crippen LogP contribution in [0.2, 0.25) is 0 Å². The summed E-state index contributed by atoms with van der Waals surface area (Å²) in [7, 11) is 0. The second-order valence-corrected chi connectivity index (χ2v) is 6.04. The van der Waals surface area contributed by atoms with Crippen LogP contribution in [0.3, 0.4) is 0 Å². The molecular formula is C18H20N4. The number of aromatic amines is 1. The number of rotatable bonds is 2. The molecule has 22 heavy (non-hydrogen) atoms. The van der Waals surface area contributed by atoms with E-state index in [9.17, 15) is 0 Å². The highest BCUT2D eigenvalue weighted by Crippen LogP contribution is 2.29.